The molecule has 2 saturated carbocycles. The Bertz CT molecular complexity index is 1480. The zero-order valence-corrected chi connectivity index (χ0v) is 24.0. The second-order valence-corrected chi connectivity index (χ2v) is 13.1. The summed E-state index contributed by atoms with van der Waals surface area (Å²) in [4.78, 5) is 25.8. The molecule has 2 aliphatic heterocycles. The third kappa shape index (κ3) is 4.98. The van der Waals surface area contributed by atoms with Crippen molar-refractivity contribution in [2.45, 2.75) is 64.8 Å². The van der Waals surface area contributed by atoms with Crippen molar-refractivity contribution in [3.05, 3.63) is 53.7 Å². The number of ether oxygens (including phenoxy) is 1. The molecule has 8 nitrogen and oxygen atoms in total. The number of hydrogen-bond donors (Lipinski definition) is 0. The molecule has 0 bridgehead atoms. The van der Waals surface area contributed by atoms with E-state index in [1.54, 1.807) is 6.07 Å². The first-order valence-electron chi connectivity index (χ1n) is 14.9. The molecule has 1 spiro atoms. The predicted molar refractivity (Wildman–Crippen MR) is 153 cm³/mol. The number of pyridine rings is 1. The molecule has 0 N–H and O–H groups in total. The van der Waals surface area contributed by atoms with Gasteiger partial charge in [-0.2, -0.15) is 0 Å². The summed E-state index contributed by atoms with van der Waals surface area (Å²) < 4.78 is 20.9. The van der Waals surface area contributed by atoms with E-state index in [1.807, 2.05) is 13.1 Å². The van der Waals surface area contributed by atoms with Gasteiger partial charge in [0.2, 0.25) is 0 Å². The fourth-order valence-electron chi connectivity index (χ4n) is 7.38. The van der Waals surface area contributed by atoms with E-state index in [4.69, 9.17) is 9.72 Å². The van der Waals surface area contributed by atoms with E-state index in [0.29, 0.717) is 52.6 Å². The minimum atomic E-state index is -0.337. The minimum Gasteiger partial charge on any atom is -0.434 e. The van der Waals surface area contributed by atoms with Crippen LogP contribution in [-0.2, 0) is 4.79 Å². The van der Waals surface area contributed by atoms with Crippen molar-refractivity contribution >= 4 is 11.6 Å². The van der Waals surface area contributed by atoms with Crippen LogP contribution >= 0.6 is 0 Å². The Labute approximate surface area is 240 Å². The molecule has 4 aliphatic rings. The lowest BCUT2D eigenvalue weighted by Gasteiger charge is -2.55. The number of halogens is 1. The lowest BCUT2D eigenvalue weighted by Crippen LogP contribution is -2.64. The van der Waals surface area contributed by atoms with Gasteiger partial charge in [-0.3, -0.25) is 14.7 Å². The number of likely N-dealkylation sites (tertiary alicyclic amines) is 1. The van der Waals surface area contributed by atoms with Crippen LogP contribution in [0.15, 0.2) is 36.8 Å². The Kier molecular flexibility index (Phi) is 6.52. The second kappa shape index (κ2) is 10.1. The van der Waals surface area contributed by atoms with Crippen LogP contribution in [0.1, 0.15) is 63.0 Å². The molecule has 2 aliphatic carbocycles. The maximum Gasteiger partial charge on any atom is 0.282 e. The molecule has 4 heterocycles. The zero-order chi connectivity index (χ0) is 28.3. The van der Waals surface area contributed by atoms with Gasteiger partial charge in [-0.15, -0.1) is 10.2 Å². The van der Waals surface area contributed by atoms with Gasteiger partial charge in [0.25, 0.3) is 5.88 Å². The highest BCUT2D eigenvalue weighted by molar-refractivity contribution is 5.84. The molecule has 9 heteroatoms. The van der Waals surface area contributed by atoms with Crippen molar-refractivity contribution < 1.29 is 13.9 Å². The molecule has 0 radical (unpaired) electrons. The number of anilines is 1. The van der Waals surface area contributed by atoms with Crippen molar-refractivity contribution in [2.24, 2.45) is 17.3 Å². The lowest BCUT2D eigenvalue weighted by molar-refractivity contribution is -0.133. The van der Waals surface area contributed by atoms with E-state index < -0.39 is 0 Å². The molecule has 2 aromatic heterocycles. The number of benzene rings is 1. The van der Waals surface area contributed by atoms with Gasteiger partial charge in [-0.25, -0.2) is 9.37 Å². The predicted octanol–water partition coefficient (Wildman–Crippen LogP) is 5.57. The summed E-state index contributed by atoms with van der Waals surface area (Å²) in [6.07, 6.45) is 8.06. The van der Waals surface area contributed by atoms with Crippen LogP contribution in [0.4, 0.5) is 10.2 Å². The Hall–Kier alpha value is -3.46. The number of Topliss-reactive ketones (excluding diaryl/α,β-unsaturated/α-hetero) is 1. The van der Waals surface area contributed by atoms with Crippen molar-refractivity contribution in [3.8, 4) is 22.9 Å². The topological polar surface area (TPSA) is 84.3 Å². The summed E-state index contributed by atoms with van der Waals surface area (Å²) in [5.74, 6) is 3.02. The van der Waals surface area contributed by atoms with E-state index in [-0.39, 0.29) is 11.2 Å². The quantitative estimate of drug-likeness (QED) is 0.356. The van der Waals surface area contributed by atoms with Gasteiger partial charge in [0.05, 0.1) is 5.69 Å². The van der Waals surface area contributed by atoms with Gasteiger partial charge >= 0.3 is 0 Å². The average Bonchev–Trinajstić information content (AvgIpc) is 3.67. The van der Waals surface area contributed by atoms with Crippen LogP contribution in [-0.4, -0.2) is 63.1 Å². The molecule has 214 valence electrons. The third-order valence-electron chi connectivity index (χ3n) is 9.43. The van der Waals surface area contributed by atoms with Gasteiger partial charge in [-0.05, 0) is 73.3 Å². The highest BCUT2D eigenvalue weighted by atomic mass is 19.1. The molecule has 7 rings (SSSR count). The van der Waals surface area contributed by atoms with Crippen LogP contribution in [0.25, 0.3) is 11.3 Å². The van der Waals surface area contributed by atoms with Crippen molar-refractivity contribution in [3.63, 3.8) is 0 Å². The molecule has 1 atom stereocenters. The standard InChI is InChI=1S/C32H37FN6O2/c1-19(2)29(22-11-24(40)12-22)39-16-32(17-39)8-9-38(15-32)30-31(37-36-18-35-30)41-27-7-6-23(33)13-26(27)28-25(21-4-5-21)10-20(3)14-34-28/h6-7,10,13-14,18-19,21-22,29H,4-5,8-9,11-12,15-17H2,1-3H3/t29-/m0/s1. The lowest BCUT2D eigenvalue weighted by atomic mass is 9.70. The largest absolute Gasteiger partial charge is 0.434 e. The highest BCUT2D eigenvalue weighted by Gasteiger charge is 2.52. The Balaban J connectivity index is 1.11. The Morgan fingerprint density at radius 2 is 1.90 bits per heavy atom. The first kappa shape index (κ1) is 26.4. The number of carbonyl (C=O) groups is 1. The fourth-order valence-corrected chi connectivity index (χ4v) is 7.38. The van der Waals surface area contributed by atoms with E-state index in [9.17, 15) is 9.18 Å². The maximum absolute atomic E-state index is 14.5. The van der Waals surface area contributed by atoms with Crippen LogP contribution in [0.5, 0.6) is 11.6 Å². The van der Waals surface area contributed by atoms with Crippen LogP contribution in [0.3, 0.4) is 0 Å². The number of hydrogen-bond acceptors (Lipinski definition) is 8. The van der Waals surface area contributed by atoms with Gasteiger partial charge in [-0.1, -0.05) is 19.9 Å². The number of aryl methyl sites for hydroxylation is 1. The van der Waals surface area contributed by atoms with E-state index in [1.165, 1.54) is 18.5 Å². The van der Waals surface area contributed by atoms with Crippen LogP contribution in [0, 0.1) is 30.0 Å². The van der Waals surface area contributed by atoms with E-state index in [2.05, 4.69) is 44.9 Å². The number of nitrogens with zero attached hydrogens (tertiary/aromatic N) is 6. The molecular weight excluding hydrogens is 519 g/mol. The first-order chi connectivity index (χ1) is 19.8. The summed E-state index contributed by atoms with van der Waals surface area (Å²) in [6, 6.07) is 7.18. The van der Waals surface area contributed by atoms with Gasteiger partial charge in [0.15, 0.2) is 5.82 Å². The van der Waals surface area contributed by atoms with Gasteiger partial charge < -0.3 is 9.64 Å². The van der Waals surface area contributed by atoms with Crippen LogP contribution in [0.2, 0.25) is 0 Å². The number of ketones is 1. The van der Waals surface area contributed by atoms with Gasteiger partial charge in [0.1, 0.15) is 23.7 Å². The molecule has 0 amide bonds. The highest BCUT2D eigenvalue weighted by Crippen LogP contribution is 2.48. The Morgan fingerprint density at radius 1 is 1.10 bits per heavy atom. The first-order valence-corrected chi connectivity index (χ1v) is 14.9. The molecule has 41 heavy (non-hydrogen) atoms. The van der Waals surface area contributed by atoms with Gasteiger partial charge in [0, 0.05) is 62.2 Å². The molecule has 2 saturated heterocycles. The minimum absolute atomic E-state index is 0.204. The summed E-state index contributed by atoms with van der Waals surface area (Å²) >= 11 is 0. The fraction of sp³-hybridized carbons (Fsp3) is 0.531. The number of aromatic nitrogens is 4. The summed E-state index contributed by atoms with van der Waals surface area (Å²) in [7, 11) is 0. The van der Waals surface area contributed by atoms with Crippen LogP contribution < -0.4 is 9.64 Å². The molecule has 3 aromatic rings. The summed E-state index contributed by atoms with van der Waals surface area (Å²) in [5, 5.41) is 8.36. The zero-order valence-electron chi connectivity index (χ0n) is 24.0. The molecule has 0 unspecified atom stereocenters. The third-order valence-corrected chi connectivity index (χ3v) is 9.43. The summed E-state index contributed by atoms with van der Waals surface area (Å²) in [6.45, 7) is 10.4. The average molecular weight is 557 g/mol. The summed E-state index contributed by atoms with van der Waals surface area (Å²) in [5.41, 5.74) is 3.81. The SMILES string of the molecule is Cc1cnc(-c2cc(F)ccc2Oc2nncnc2N2CCC3(C2)CN([C@@H](C(C)C)C2CC(=O)C2)C3)c(C2CC2)c1. The van der Waals surface area contributed by atoms with E-state index >= 15 is 0 Å². The van der Waals surface area contributed by atoms with Crippen molar-refractivity contribution in [1.82, 2.24) is 25.1 Å². The normalized spacial score (nSPS) is 21.3. The molecular formula is C32H37FN6O2. The number of carbonyl (C=O) groups excluding carboxylic acids is 1. The smallest absolute Gasteiger partial charge is 0.282 e. The van der Waals surface area contributed by atoms with Crippen molar-refractivity contribution in [2.75, 3.05) is 31.1 Å². The monoisotopic (exact) mass is 556 g/mol. The Morgan fingerprint density at radius 3 is 2.63 bits per heavy atom. The van der Waals surface area contributed by atoms with E-state index in [0.717, 1.165) is 75.1 Å². The maximum atomic E-state index is 14.5. The van der Waals surface area contributed by atoms with Crippen molar-refractivity contribution in [1.29, 1.82) is 0 Å². The molecule has 4 fully saturated rings. The molecule has 1 aromatic carbocycles. The number of rotatable bonds is 8. The second-order valence-electron chi connectivity index (χ2n) is 13.1.